The summed E-state index contributed by atoms with van der Waals surface area (Å²) in [4.78, 5) is 14.9. The van der Waals surface area contributed by atoms with E-state index in [-0.39, 0.29) is 12.5 Å². The van der Waals surface area contributed by atoms with Gasteiger partial charge in [-0.15, -0.1) is 0 Å². The molecular weight excluding hydrogens is 639 g/mol. The minimum absolute atomic E-state index is 0.00878. The van der Waals surface area contributed by atoms with Crippen molar-refractivity contribution in [1.29, 1.82) is 0 Å². The Bertz CT molecular complexity index is 2460. The molecule has 52 heavy (non-hydrogen) atoms. The smallest absolute Gasteiger partial charge is 0.457 e. The largest absolute Gasteiger partial charge is 0.510 e. The molecule has 0 N–H and O–H groups in total. The lowest BCUT2D eigenvalue weighted by Crippen LogP contribution is -2.53. The van der Waals surface area contributed by atoms with E-state index in [0.717, 1.165) is 52.8 Å². The van der Waals surface area contributed by atoms with Crippen LogP contribution in [0.25, 0.3) is 39.0 Å². The van der Waals surface area contributed by atoms with Crippen molar-refractivity contribution in [3.8, 4) is 28.7 Å². The van der Waals surface area contributed by atoms with E-state index >= 15 is 0 Å². The predicted octanol–water partition coefficient (Wildman–Crippen LogP) is 10.6. The van der Waals surface area contributed by atoms with Gasteiger partial charge in [0.25, 0.3) is 0 Å². The summed E-state index contributed by atoms with van der Waals surface area (Å²) in [5, 5.41) is 2.36. The van der Waals surface area contributed by atoms with E-state index in [4.69, 9.17) is 14.7 Å². The number of para-hydroxylation sites is 2. The van der Waals surface area contributed by atoms with Crippen molar-refractivity contribution in [3.63, 3.8) is 0 Å². The van der Waals surface area contributed by atoms with Crippen molar-refractivity contribution in [2.45, 2.75) is 65.7 Å². The third-order valence-corrected chi connectivity index (χ3v) is 10.9. The number of imidazole rings is 1. The fourth-order valence-corrected chi connectivity index (χ4v) is 8.35. The number of anilines is 2. The summed E-state index contributed by atoms with van der Waals surface area (Å²) in [7, 11) is 0.0175. The van der Waals surface area contributed by atoms with E-state index in [1.165, 1.54) is 38.8 Å². The van der Waals surface area contributed by atoms with Gasteiger partial charge in [-0.3, -0.25) is 4.57 Å². The standard InChI is InChI=1S/C44H45BN6O/c1-28(2)33-12-10-13-34(29(3)4)42(33)49-24-23-48-38-18-16-31(26-37(38)43-47-21-22-50(43)45(48)49)52-32-15-17-36-35-11-8-9-14-39(35)51(40(36)27-32)41-25-30(19-20-46-41)44(5,6)7/h8-22,25-29H,23-24H2,1-7H3. The molecule has 0 radical (unpaired) electrons. The highest BCUT2D eigenvalue weighted by Gasteiger charge is 2.46. The molecule has 0 atom stereocenters. The molecule has 3 aromatic heterocycles. The molecule has 4 aromatic carbocycles. The van der Waals surface area contributed by atoms with Crippen molar-refractivity contribution >= 4 is 40.3 Å². The second kappa shape index (κ2) is 12.0. The number of ether oxygens (including phenoxy) is 1. The average Bonchev–Trinajstić information content (AvgIpc) is 3.87. The van der Waals surface area contributed by atoms with Gasteiger partial charge < -0.3 is 18.8 Å². The SMILES string of the molecule is CC(C)c1cccc(C(C)C)c1N1CCN2B1n1ccnc1-c1cc(Oc3ccc4c5ccccc5n(-c5cc(C(C)(C)C)ccn5)c4c3)ccc12. The molecule has 1 fully saturated rings. The second-order valence-corrected chi connectivity index (χ2v) is 16.0. The lowest BCUT2D eigenvalue weighted by molar-refractivity contribution is 0.483. The molecule has 2 aliphatic heterocycles. The van der Waals surface area contributed by atoms with Crippen LogP contribution in [0.5, 0.6) is 11.5 Å². The van der Waals surface area contributed by atoms with Gasteiger partial charge >= 0.3 is 7.12 Å². The number of hydrogen-bond donors (Lipinski definition) is 0. The molecule has 0 spiro atoms. The minimum Gasteiger partial charge on any atom is -0.457 e. The molecule has 0 amide bonds. The quantitative estimate of drug-likeness (QED) is 0.163. The van der Waals surface area contributed by atoms with Crippen LogP contribution < -0.4 is 14.4 Å². The number of benzene rings is 4. The number of aromatic nitrogens is 4. The average molecular weight is 685 g/mol. The Morgan fingerprint density at radius 1 is 0.692 bits per heavy atom. The first-order valence-electron chi connectivity index (χ1n) is 18.6. The van der Waals surface area contributed by atoms with E-state index in [2.05, 4.69) is 164 Å². The van der Waals surface area contributed by atoms with Gasteiger partial charge in [0, 0.05) is 65.5 Å². The fraction of sp³-hybridized carbons (Fsp3) is 0.273. The lowest BCUT2D eigenvalue weighted by Gasteiger charge is -2.37. The van der Waals surface area contributed by atoms with E-state index in [0.29, 0.717) is 11.8 Å². The Balaban J connectivity index is 1.10. The first-order chi connectivity index (χ1) is 25.1. The van der Waals surface area contributed by atoms with E-state index < -0.39 is 0 Å². The summed E-state index contributed by atoms with van der Waals surface area (Å²) in [6, 6.07) is 32.6. The lowest BCUT2D eigenvalue weighted by atomic mass is 9.80. The minimum atomic E-state index is 0.00878. The van der Waals surface area contributed by atoms with Crippen molar-refractivity contribution < 1.29 is 4.74 Å². The van der Waals surface area contributed by atoms with Crippen molar-refractivity contribution in [3.05, 3.63) is 126 Å². The van der Waals surface area contributed by atoms with Crippen molar-refractivity contribution in [2.24, 2.45) is 0 Å². The third kappa shape index (κ3) is 5.10. The summed E-state index contributed by atoms with van der Waals surface area (Å²) < 4.78 is 11.3. The summed E-state index contributed by atoms with van der Waals surface area (Å²) in [5.41, 5.74) is 9.89. The number of nitrogens with zero attached hydrogens (tertiary/aromatic N) is 6. The maximum atomic E-state index is 6.70. The molecule has 9 rings (SSSR count). The molecule has 0 saturated carbocycles. The van der Waals surface area contributed by atoms with Crippen LogP contribution in [-0.4, -0.2) is 39.2 Å². The van der Waals surface area contributed by atoms with Crippen LogP contribution in [0.4, 0.5) is 11.4 Å². The Labute approximate surface area is 306 Å². The molecule has 1 saturated heterocycles. The Hall–Kier alpha value is -5.50. The summed E-state index contributed by atoms with van der Waals surface area (Å²) >= 11 is 0. The van der Waals surface area contributed by atoms with Crippen LogP contribution in [0.3, 0.4) is 0 Å². The normalized spacial score (nSPS) is 14.1. The topological polar surface area (TPSA) is 51.4 Å². The van der Waals surface area contributed by atoms with E-state index in [1.54, 1.807) is 0 Å². The van der Waals surface area contributed by atoms with Crippen molar-refractivity contribution in [2.75, 3.05) is 22.7 Å². The molecule has 0 bridgehead atoms. The molecule has 260 valence electrons. The van der Waals surface area contributed by atoms with Crippen LogP contribution in [0.2, 0.25) is 0 Å². The highest BCUT2D eigenvalue weighted by atomic mass is 16.5. The van der Waals surface area contributed by atoms with Crippen molar-refractivity contribution in [1.82, 2.24) is 19.0 Å². The van der Waals surface area contributed by atoms with Gasteiger partial charge in [0.15, 0.2) is 0 Å². The molecule has 0 unspecified atom stereocenters. The third-order valence-electron chi connectivity index (χ3n) is 10.9. The predicted molar refractivity (Wildman–Crippen MR) is 215 cm³/mol. The zero-order valence-electron chi connectivity index (χ0n) is 31.1. The zero-order chi connectivity index (χ0) is 35.9. The van der Waals surface area contributed by atoms with Crippen LogP contribution in [0.1, 0.15) is 77.0 Å². The fourth-order valence-electron chi connectivity index (χ4n) is 8.35. The van der Waals surface area contributed by atoms with Gasteiger partial charge in [0.05, 0.1) is 11.0 Å². The molecular formula is C44H45BN6O. The molecule has 8 heteroatoms. The Kier molecular flexibility index (Phi) is 7.51. The number of pyridine rings is 1. The number of rotatable bonds is 6. The molecule has 2 aliphatic rings. The first kappa shape index (κ1) is 32.4. The van der Waals surface area contributed by atoms with Crippen LogP contribution in [0, 0.1) is 0 Å². The monoisotopic (exact) mass is 684 g/mol. The van der Waals surface area contributed by atoms with Gasteiger partial charge in [-0.25, -0.2) is 9.97 Å². The van der Waals surface area contributed by atoms with E-state index in [1.807, 2.05) is 12.4 Å². The molecule has 5 heterocycles. The molecule has 7 aromatic rings. The van der Waals surface area contributed by atoms with Crippen LogP contribution in [-0.2, 0) is 5.41 Å². The first-order valence-corrected chi connectivity index (χ1v) is 18.6. The maximum absolute atomic E-state index is 6.70. The summed E-state index contributed by atoms with van der Waals surface area (Å²) in [5.74, 6) is 4.27. The van der Waals surface area contributed by atoms with Gasteiger partial charge in [0.2, 0.25) is 0 Å². The van der Waals surface area contributed by atoms with Crippen LogP contribution >= 0.6 is 0 Å². The highest BCUT2D eigenvalue weighted by molar-refractivity contribution is 6.68. The van der Waals surface area contributed by atoms with Crippen LogP contribution in [0.15, 0.2) is 110 Å². The molecule has 0 aliphatic carbocycles. The molecule has 7 nitrogen and oxygen atoms in total. The van der Waals surface area contributed by atoms with Gasteiger partial charge in [0.1, 0.15) is 23.1 Å². The van der Waals surface area contributed by atoms with Gasteiger partial charge in [-0.05, 0) is 82.5 Å². The maximum Gasteiger partial charge on any atom is 0.510 e. The van der Waals surface area contributed by atoms with Gasteiger partial charge in [-0.2, -0.15) is 0 Å². The summed E-state index contributed by atoms with van der Waals surface area (Å²) in [6.45, 7) is 17.8. The number of hydrogen-bond acceptors (Lipinski definition) is 5. The Morgan fingerprint density at radius 3 is 2.17 bits per heavy atom. The second-order valence-electron chi connectivity index (χ2n) is 16.0. The number of fused-ring (bicyclic) bond motifs is 9. The Morgan fingerprint density at radius 2 is 1.40 bits per heavy atom. The van der Waals surface area contributed by atoms with E-state index in [9.17, 15) is 0 Å². The summed E-state index contributed by atoms with van der Waals surface area (Å²) in [6.07, 6.45) is 5.98. The zero-order valence-corrected chi connectivity index (χ0v) is 31.1. The van der Waals surface area contributed by atoms with Gasteiger partial charge in [-0.1, -0.05) is 84.9 Å². The highest BCUT2D eigenvalue weighted by Crippen LogP contribution is 2.45.